The number of aromatic carboxylic acids is 1. The molecule has 0 atom stereocenters. The minimum atomic E-state index is -1.04. The highest BCUT2D eigenvalue weighted by Gasteiger charge is 2.16. The molecule has 0 radical (unpaired) electrons. The van der Waals surface area contributed by atoms with E-state index in [9.17, 15) is 4.79 Å². The highest BCUT2D eigenvalue weighted by atomic mass is 16.5. The zero-order valence-corrected chi connectivity index (χ0v) is 8.82. The number of ether oxygens (including phenoxy) is 2. The van der Waals surface area contributed by atoms with Crippen molar-refractivity contribution in [1.82, 2.24) is 0 Å². The summed E-state index contributed by atoms with van der Waals surface area (Å²) in [6.45, 7) is 2.45. The quantitative estimate of drug-likeness (QED) is 0.809. The normalized spacial score (nSPS) is 9.73. The van der Waals surface area contributed by atoms with Crippen LogP contribution in [0.5, 0.6) is 11.5 Å². The van der Waals surface area contributed by atoms with Crippen molar-refractivity contribution in [2.24, 2.45) is 0 Å². The van der Waals surface area contributed by atoms with Gasteiger partial charge in [0, 0.05) is 0 Å². The van der Waals surface area contributed by atoms with E-state index >= 15 is 0 Å². The molecule has 0 fully saturated rings. The number of carbonyl (C=O) groups is 1. The minimum Gasteiger partial charge on any atom is -0.496 e. The first kappa shape index (κ1) is 11.4. The van der Waals surface area contributed by atoms with Crippen molar-refractivity contribution in [1.29, 1.82) is 0 Å². The van der Waals surface area contributed by atoms with Gasteiger partial charge in [0.25, 0.3) is 0 Å². The zero-order chi connectivity index (χ0) is 11.3. The van der Waals surface area contributed by atoms with Crippen molar-refractivity contribution in [3.8, 4) is 11.5 Å². The van der Waals surface area contributed by atoms with E-state index in [0.29, 0.717) is 18.1 Å². The monoisotopic (exact) mass is 210 g/mol. The van der Waals surface area contributed by atoms with Crippen LogP contribution in [0.1, 0.15) is 23.7 Å². The predicted octanol–water partition coefficient (Wildman–Crippen LogP) is 2.18. The number of carboxylic acids is 1. The van der Waals surface area contributed by atoms with Gasteiger partial charge < -0.3 is 14.6 Å². The maximum absolute atomic E-state index is 11.0. The highest BCUT2D eigenvalue weighted by Crippen LogP contribution is 2.28. The molecule has 0 spiro atoms. The van der Waals surface area contributed by atoms with E-state index in [2.05, 4.69) is 0 Å². The van der Waals surface area contributed by atoms with Crippen molar-refractivity contribution in [2.75, 3.05) is 13.7 Å². The summed E-state index contributed by atoms with van der Waals surface area (Å²) < 4.78 is 10.3. The molecule has 4 nitrogen and oxygen atoms in total. The van der Waals surface area contributed by atoms with Gasteiger partial charge >= 0.3 is 5.97 Å². The zero-order valence-electron chi connectivity index (χ0n) is 8.82. The van der Waals surface area contributed by atoms with Gasteiger partial charge in [0.05, 0.1) is 13.7 Å². The maximum Gasteiger partial charge on any atom is 0.343 e. The molecular weight excluding hydrogens is 196 g/mol. The van der Waals surface area contributed by atoms with E-state index in [-0.39, 0.29) is 5.56 Å². The fraction of sp³-hybridized carbons (Fsp3) is 0.364. The van der Waals surface area contributed by atoms with E-state index in [1.807, 2.05) is 6.92 Å². The fourth-order valence-electron chi connectivity index (χ4n) is 1.22. The predicted molar refractivity (Wildman–Crippen MR) is 55.7 cm³/mol. The van der Waals surface area contributed by atoms with Crippen LogP contribution in [0.15, 0.2) is 18.2 Å². The Kier molecular flexibility index (Phi) is 3.97. The lowest BCUT2D eigenvalue weighted by Gasteiger charge is -2.11. The van der Waals surface area contributed by atoms with E-state index < -0.39 is 5.97 Å². The summed E-state index contributed by atoms with van der Waals surface area (Å²) in [4.78, 5) is 11.0. The van der Waals surface area contributed by atoms with E-state index in [1.165, 1.54) is 7.11 Å². The Balaban J connectivity index is 3.07. The Bertz CT molecular complexity index is 346. The van der Waals surface area contributed by atoms with Crippen LogP contribution in [0.3, 0.4) is 0 Å². The van der Waals surface area contributed by atoms with Gasteiger partial charge in [-0.15, -0.1) is 0 Å². The van der Waals surface area contributed by atoms with Crippen LogP contribution < -0.4 is 9.47 Å². The first-order valence-corrected chi connectivity index (χ1v) is 4.73. The Morgan fingerprint density at radius 2 is 2.07 bits per heavy atom. The molecule has 0 aliphatic carbocycles. The fourth-order valence-corrected chi connectivity index (χ4v) is 1.22. The molecule has 0 aliphatic heterocycles. The average molecular weight is 210 g/mol. The third-order valence-corrected chi connectivity index (χ3v) is 1.88. The number of methoxy groups -OCH3 is 1. The molecule has 15 heavy (non-hydrogen) atoms. The van der Waals surface area contributed by atoms with Gasteiger partial charge in [-0.3, -0.25) is 0 Å². The number of hydrogen-bond donors (Lipinski definition) is 1. The molecular formula is C11H14O4. The van der Waals surface area contributed by atoms with Crippen molar-refractivity contribution in [3.63, 3.8) is 0 Å². The van der Waals surface area contributed by atoms with Crippen LogP contribution in [0.4, 0.5) is 0 Å². The highest BCUT2D eigenvalue weighted by molar-refractivity contribution is 5.94. The largest absolute Gasteiger partial charge is 0.496 e. The third-order valence-electron chi connectivity index (χ3n) is 1.88. The molecule has 0 heterocycles. The van der Waals surface area contributed by atoms with Gasteiger partial charge in [-0.05, 0) is 18.6 Å². The molecule has 0 aromatic heterocycles. The van der Waals surface area contributed by atoms with Crippen LogP contribution in [0.25, 0.3) is 0 Å². The van der Waals surface area contributed by atoms with Gasteiger partial charge in [-0.2, -0.15) is 0 Å². The SMILES string of the molecule is CCCOc1cccc(OC)c1C(=O)O. The lowest BCUT2D eigenvalue weighted by molar-refractivity contribution is 0.0688. The Morgan fingerprint density at radius 3 is 2.60 bits per heavy atom. The molecule has 82 valence electrons. The van der Waals surface area contributed by atoms with Gasteiger partial charge in [-0.25, -0.2) is 4.79 Å². The number of hydrogen-bond acceptors (Lipinski definition) is 3. The van der Waals surface area contributed by atoms with Gasteiger partial charge in [-0.1, -0.05) is 13.0 Å². The molecule has 0 unspecified atom stereocenters. The lowest BCUT2D eigenvalue weighted by Crippen LogP contribution is -2.06. The number of carboxylic acid groups (broad SMARTS) is 1. The van der Waals surface area contributed by atoms with Crippen LogP contribution in [0.2, 0.25) is 0 Å². The number of benzene rings is 1. The Morgan fingerprint density at radius 1 is 1.40 bits per heavy atom. The summed E-state index contributed by atoms with van der Waals surface area (Å²) >= 11 is 0. The van der Waals surface area contributed by atoms with Crippen molar-refractivity contribution in [3.05, 3.63) is 23.8 Å². The molecule has 0 saturated carbocycles. The van der Waals surface area contributed by atoms with Crippen LogP contribution in [-0.4, -0.2) is 24.8 Å². The third kappa shape index (κ3) is 2.62. The van der Waals surface area contributed by atoms with Crippen LogP contribution in [0, 0.1) is 0 Å². The van der Waals surface area contributed by atoms with E-state index in [0.717, 1.165) is 6.42 Å². The first-order chi connectivity index (χ1) is 7.20. The van der Waals surface area contributed by atoms with Gasteiger partial charge in [0.15, 0.2) is 0 Å². The standard InChI is InChI=1S/C11H14O4/c1-3-7-15-9-6-4-5-8(14-2)10(9)11(12)13/h4-6H,3,7H2,1-2H3,(H,12,13). The molecule has 1 aromatic rings. The van der Waals surface area contributed by atoms with Gasteiger partial charge in [0.2, 0.25) is 0 Å². The second-order valence-corrected chi connectivity index (χ2v) is 2.99. The molecule has 0 saturated heterocycles. The second-order valence-electron chi connectivity index (χ2n) is 2.99. The summed E-state index contributed by atoms with van der Waals surface area (Å²) in [5.41, 5.74) is 0.0773. The van der Waals surface area contributed by atoms with E-state index in [4.69, 9.17) is 14.6 Å². The van der Waals surface area contributed by atoms with Crippen molar-refractivity contribution >= 4 is 5.97 Å². The molecule has 0 aliphatic rings. The Hall–Kier alpha value is -1.71. The first-order valence-electron chi connectivity index (χ1n) is 4.73. The smallest absolute Gasteiger partial charge is 0.343 e. The maximum atomic E-state index is 11.0. The average Bonchev–Trinajstić information content (AvgIpc) is 2.25. The topological polar surface area (TPSA) is 55.8 Å². The van der Waals surface area contributed by atoms with Crippen molar-refractivity contribution < 1.29 is 19.4 Å². The molecule has 0 bridgehead atoms. The summed E-state index contributed by atoms with van der Waals surface area (Å²) in [6.07, 6.45) is 0.830. The summed E-state index contributed by atoms with van der Waals surface area (Å²) in [5, 5.41) is 9.02. The second kappa shape index (κ2) is 5.24. The van der Waals surface area contributed by atoms with E-state index in [1.54, 1.807) is 18.2 Å². The number of rotatable bonds is 5. The van der Waals surface area contributed by atoms with Gasteiger partial charge in [0.1, 0.15) is 17.1 Å². The summed E-state index contributed by atoms with van der Waals surface area (Å²) in [7, 11) is 1.44. The van der Waals surface area contributed by atoms with Crippen LogP contribution in [-0.2, 0) is 0 Å². The molecule has 4 heteroatoms. The summed E-state index contributed by atoms with van der Waals surface area (Å²) in [6, 6.07) is 4.93. The van der Waals surface area contributed by atoms with Crippen molar-refractivity contribution in [2.45, 2.75) is 13.3 Å². The molecule has 1 N–H and O–H groups in total. The lowest BCUT2D eigenvalue weighted by atomic mass is 10.2. The molecule has 1 aromatic carbocycles. The minimum absolute atomic E-state index is 0.0773. The van der Waals surface area contributed by atoms with Crippen LogP contribution >= 0.6 is 0 Å². The summed E-state index contributed by atoms with van der Waals surface area (Å²) in [5.74, 6) is -0.377. The Labute approximate surface area is 88.4 Å². The molecule has 1 rings (SSSR count). The molecule has 0 amide bonds.